The highest BCUT2D eigenvalue weighted by atomic mass is 79.9. The fourth-order valence-corrected chi connectivity index (χ4v) is 1.44. The fraction of sp³-hybridized carbons (Fsp3) is 0.857. The van der Waals surface area contributed by atoms with Crippen molar-refractivity contribution in [3.8, 4) is 0 Å². The summed E-state index contributed by atoms with van der Waals surface area (Å²) in [5.74, 6) is 0.168. The van der Waals surface area contributed by atoms with Crippen LogP contribution in [0.5, 0.6) is 0 Å². The molecule has 3 heteroatoms. The Morgan fingerprint density at radius 1 is 1.60 bits per heavy atom. The smallest absolute Gasteiger partial charge is 0.302 e. The second-order valence-electron chi connectivity index (χ2n) is 2.55. The predicted molar refractivity (Wildman–Crippen MR) is 44.2 cm³/mol. The summed E-state index contributed by atoms with van der Waals surface area (Å²) in [6.07, 6.45) is 0.0116. The van der Waals surface area contributed by atoms with Crippen LogP contribution in [0, 0.1) is 5.92 Å². The molecule has 0 bridgehead atoms. The Kier molecular flexibility index (Phi) is 4.69. The van der Waals surface area contributed by atoms with Crippen LogP contribution >= 0.6 is 15.9 Å². The molecule has 0 rings (SSSR count). The van der Waals surface area contributed by atoms with E-state index >= 15 is 0 Å². The Labute approximate surface area is 70.1 Å². The molecular weight excluding hydrogens is 196 g/mol. The molecule has 60 valence electrons. The van der Waals surface area contributed by atoms with E-state index in [9.17, 15) is 4.79 Å². The highest BCUT2D eigenvalue weighted by Crippen LogP contribution is 2.09. The van der Waals surface area contributed by atoms with E-state index in [2.05, 4.69) is 15.9 Å². The molecule has 0 heterocycles. The number of hydrogen-bond acceptors (Lipinski definition) is 2. The summed E-state index contributed by atoms with van der Waals surface area (Å²) in [6.45, 7) is 5.47. The van der Waals surface area contributed by atoms with Crippen LogP contribution in [0.25, 0.3) is 0 Å². The van der Waals surface area contributed by atoms with Crippen LogP contribution in [0.4, 0.5) is 0 Å². The van der Waals surface area contributed by atoms with Crippen molar-refractivity contribution in [2.75, 3.05) is 5.33 Å². The molecule has 0 saturated heterocycles. The molecule has 0 saturated carbocycles. The van der Waals surface area contributed by atoms with Crippen molar-refractivity contribution in [2.24, 2.45) is 5.92 Å². The molecule has 0 spiro atoms. The van der Waals surface area contributed by atoms with Crippen molar-refractivity contribution in [1.29, 1.82) is 0 Å². The Bertz CT molecular complexity index is 112. The van der Waals surface area contributed by atoms with Gasteiger partial charge in [0.2, 0.25) is 0 Å². The summed E-state index contributed by atoms with van der Waals surface area (Å²) < 4.78 is 4.98. The van der Waals surface area contributed by atoms with Gasteiger partial charge in [-0.25, -0.2) is 0 Å². The van der Waals surface area contributed by atoms with E-state index in [1.807, 2.05) is 13.8 Å². The monoisotopic (exact) mass is 208 g/mol. The van der Waals surface area contributed by atoms with Crippen LogP contribution < -0.4 is 0 Å². The van der Waals surface area contributed by atoms with Crippen LogP contribution in [0.1, 0.15) is 20.8 Å². The normalized spacial score (nSPS) is 13.3. The first-order valence-corrected chi connectivity index (χ1v) is 4.43. The molecule has 0 aliphatic heterocycles. The van der Waals surface area contributed by atoms with Gasteiger partial charge in [-0.15, -0.1) is 0 Å². The first-order chi connectivity index (χ1) is 4.57. The van der Waals surface area contributed by atoms with Crippen molar-refractivity contribution in [3.05, 3.63) is 0 Å². The number of halogens is 1. The predicted octanol–water partition coefficient (Wildman–Crippen LogP) is 1.97. The minimum Gasteiger partial charge on any atom is -0.461 e. The van der Waals surface area contributed by atoms with Gasteiger partial charge in [0, 0.05) is 12.3 Å². The maximum Gasteiger partial charge on any atom is 0.302 e. The molecule has 0 amide bonds. The van der Waals surface area contributed by atoms with Gasteiger partial charge in [-0.2, -0.15) is 0 Å². The maximum atomic E-state index is 10.5. The van der Waals surface area contributed by atoms with Crippen LogP contribution in [-0.4, -0.2) is 17.4 Å². The maximum absolute atomic E-state index is 10.5. The van der Waals surface area contributed by atoms with Crippen molar-refractivity contribution < 1.29 is 9.53 Å². The highest BCUT2D eigenvalue weighted by Gasteiger charge is 2.13. The Balaban J connectivity index is 3.71. The van der Waals surface area contributed by atoms with Gasteiger partial charge in [0.05, 0.1) is 0 Å². The first kappa shape index (κ1) is 9.95. The molecule has 0 unspecified atom stereocenters. The van der Waals surface area contributed by atoms with E-state index in [4.69, 9.17) is 4.74 Å². The van der Waals surface area contributed by atoms with Crippen molar-refractivity contribution in [1.82, 2.24) is 0 Å². The number of carbonyl (C=O) groups is 1. The number of esters is 1. The zero-order chi connectivity index (χ0) is 8.15. The van der Waals surface area contributed by atoms with E-state index in [-0.39, 0.29) is 12.1 Å². The third-order valence-corrected chi connectivity index (χ3v) is 1.85. The SMILES string of the molecule is CC(=O)O[C@H](CBr)C(C)C. The highest BCUT2D eigenvalue weighted by molar-refractivity contribution is 9.09. The Hall–Kier alpha value is -0.0500. The van der Waals surface area contributed by atoms with Crippen molar-refractivity contribution in [3.63, 3.8) is 0 Å². The minimum atomic E-state index is -0.210. The molecule has 0 aromatic carbocycles. The van der Waals surface area contributed by atoms with Crippen LogP contribution in [0.3, 0.4) is 0 Å². The van der Waals surface area contributed by atoms with Crippen LogP contribution in [0.2, 0.25) is 0 Å². The summed E-state index contributed by atoms with van der Waals surface area (Å²) >= 11 is 3.27. The van der Waals surface area contributed by atoms with Gasteiger partial charge in [0.25, 0.3) is 0 Å². The molecule has 1 atom stereocenters. The topological polar surface area (TPSA) is 26.3 Å². The molecule has 0 aromatic heterocycles. The van der Waals surface area contributed by atoms with Crippen molar-refractivity contribution in [2.45, 2.75) is 26.9 Å². The lowest BCUT2D eigenvalue weighted by Crippen LogP contribution is -2.23. The largest absolute Gasteiger partial charge is 0.461 e. The lowest BCUT2D eigenvalue weighted by atomic mass is 10.1. The molecule has 0 radical (unpaired) electrons. The number of alkyl halides is 1. The number of carbonyl (C=O) groups excluding carboxylic acids is 1. The summed E-state index contributed by atoms with van der Waals surface area (Å²) in [6, 6.07) is 0. The summed E-state index contributed by atoms with van der Waals surface area (Å²) in [5.41, 5.74) is 0. The second kappa shape index (κ2) is 4.72. The Morgan fingerprint density at radius 2 is 2.10 bits per heavy atom. The lowest BCUT2D eigenvalue weighted by molar-refractivity contribution is -0.147. The van der Waals surface area contributed by atoms with Gasteiger partial charge in [0.15, 0.2) is 0 Å². The second-order valence-corrected chi connectivity index (χ2v) is 3.19. The number of hydrogen-bond donors (Lipinski definition) is 0. The molecule has 0 aliphatic carbocycles. The number of rotatable bonds is 3. The molecular formula is C7H13BrO2. The first-order valence-electron chi connectivity index (χ1n) is 3.31. The van der Waals surface area contributed by atoms with E-state index in [1.54, 1.807) is 0 Å². The van der Waals surface area contributed by atoms with Gasteiger partial charge in [0.1, 0.15) is 6.10 Å². The van der Waals surface area contributed by atoms with Crippen LogP contribution in [-0.2, 0) is 9.53 Å². The van der Waals surface area contributed by atoms with Gasteiger partial charge in [-0.3, -0.25) is 4.79 Å². The molecule has 0 fully saturated rings. The molecule has 0 aliphatic rings. The van der Waals surface area contributed by atoms with Gasteiger partial charge < -0.3 is 4.74 Å². The molecule has 0 N–H and O–H groups in total. The van der Waals surface area contributed by atoms with E-state index in [0.29, 0.717) is 11.2 Å². The van der Waals surface area contributed by atoms with Gasteiger partial charge in [-0.1, -0.05) is 29.8 Å². The average molecular weight is 209 g/mol. The number of ether oxygens (including phenoxy) is 1. The average Bonchev–Trinajstić information content (AvgIpc) is 1.81. The minimum absolute atomic E-state index is 0.0116. The quantitative estimate of drug-likeness (QED) is 0.524. The van der Waals surface area contributed by atoms with Crippen LogP contribution in [0.15, 0.2) is 0 Å². The lowest BCUT2D eigenvalue weighted by Gasteiger charge is -2.17. The third kappa shape index (κ3) is 3.88. The van der Waals surface area contributed by atoms with E-state index in [1.165, 1.54) is 6.92 Å². The summed E-state index contributed by atoms with van der Waals surface area (Å²) in [4.78, 5) is 10.5. The standard InChI is InChI=1S/C7H13BrO2/c1-5(2)7(4-8)10-6(3)9/h5,7H,4H2,1-3H3/t7-/m1/s1. The molecule has 10 heavy (non-hydrogen) atoms. The zero-order valence-corrected chi connectivity index (χ0v) is 8.14. The van der Waals surface area contributed by atoms with Gasteiger partial charge in [-0.05, 0) is 5.92 Å². The summed E-state index contributed by atoms with van der Waals surface area (Å²) in [7, 11) is 0. The zero-order valence-electron chi connectivity index (χ0n) is 6.56. The fourth-order valence-electron chi connectivity index (χ4n) is 0.559. The van der Waals surface area contributed by atoms with E-state index < -0.39 is 0 Å². The third-order valence-electron chi connectivity index (χ3n) is 1.21. The molecule has 0 aromatic rings. The summed E-state index contributed by atoms with van der Waals surface area (Å²) in [5, 5.41) is 0.713. The van der Waals surface area contributed by atoms with Crippen molar-refractivity contribution >= 4 is 21.9 Å². The van der Waals surface area contributed by atoms with E-state index in [0.717, 1.165) is 0 Å². The Morgan fingerprint density at radius 3 is 2.20 bits per heavy atom. The van der Waals surface area contributed by atoms with Gasteiger partial charge >= 0.3 is 5.97 Å². The molecule has 2 nitrogen and oxygen atoms in total.